The number of likely N-dealkylation sites (tertiary alicyclic amines) is 1. The molecule has 1 aliphatic heterocycles. The van der Waals surface area contributed by atoms with Crippen molar-refractivity contribution in [1.29, 1.82) is 0 Å². The molecule has 1 saturated heterocycles. The molecular weight excluding hydrogens is 418 g/mol. The molecule has 9 nitrogen and oxygen atoms in total. The average molecular weight is 448 g/mol. The molecule has 2 bridgehead atoms. The van der Waals surface area contributed by atoms with Crippen LogP contribution in [0.5, 0.6) is 0 Å². The van der Waals surface area contributed by atoms with Crippen LogP contribution in [0.4, 0.5) is 0 Å². The van der Waals surface area contributed by atoms with E-state index >= 15 is 0 Å². The molecule has 2 amide bonds. The highest BCUT2D eigenvalue weighted by molar-refractivity contribution is 6.06. The lowest BCUT2D eigenvalue weighted by Crippen LogP contribution is -2.40. The van der Waals surface area contributed by atoms with E-state index in [1.54, 1.807) is 17.1 Å². The van der Waals surface area contributed by atoms with E-state index in [0.29, 0.717) is 32.0 Å². The van der Waals surface area contributed by atoms with Crippen LogP contribution in [0.3, 0.4) is 0 Å². The third kappa shape index (κ3) is 4.15. The normalized spacial score (nSPS) is 25.7. The number of guanidine groups is 1. The van der Waals surface area contributed by atoms with Crippen LogP contribution in [-0.2, 0) is 16.1 Å². The molecule has 3 heterocycles. The Labute approximate surface area is 193 Å². The van der Waals surface area contributed by atoms with E-state index in [-0.39, 0.29) is 35.5 Å². The Hall–Kier alpha value is -3.49. The van der Waals surface area contributed by atoms with Crippen LogP contribution in [-0.4, -0.2) is 57.1 Å². The first-order valence-corrected chi connectivity index (χ1v) is 11.7. The van der Waals surface area contributed by atoms with Gasteiger partial charge < -0.3 is 10.6 Å². The van der Waals surface area contributed by atoms with E-state index < -0.39 is 0 Å². The van der Waals surface area contributed by atoms with Gasteiger partial charge in [0.25, 0.3) is 0 Å². The van der Waals surface area contributed by atoms with Crippen LogP contribution < -0.4 is 10.6 Å². The van der Waals surface area contributed by atoms with Gasteiger partial charge in [0.05, 0.1) is 18.4 Å². The number of nitrogens with zero attached hydrogens (tertiary/aromatic N) is 5. The summed E-state index contributed by atoms with van der Waals surface area (Å²) in [5.74, 6) is 1.77. The zero-order valence-corrected chi connectivity index (χ0v) is 18.7. The van der Waals surface area contributed by atoms with Crippen molar-refractivity contribution in [3.63, 3.8) is 0 Å². The maximum absolute atomic E-state index is 12.8. The third-order valence-corrected chi connectivity index (χ3v) is 6.73. The number of aromatic nitrogens is 3. The van der Waals surface area contributed by atoms with Gasteiger partial charge in [0.1, 0.15) is 0 Å². The number of allylic oxidation sites excluding steroid dienone is 2. The molecule has 3 aliphatic rings. The first-order valence-electron chi connectivity index (χ1n) is 11.7. The lowest BCUT2D eigenvalue weighted by molar-refractivity contribution is -0.140. The van der Waals surface area contributed by atoms with E-state index in [0.717, 1.165) is 24.3 Å². The molecule has 2 aromatic rings. The molecule has 2 aromatic heterocycles. The number of hydrogen-bond acceptors (Lipinski definition) is 5. The van der Waals surface area contributed by atoms with Gasteiger partial charge in [-0.15, -0.1) is 0 Å². The summed E-state index contributed by atoms with van der Waals surface area (Å²) in [6.45, 7) is 4.33. The summed E-state index contributed by atoms with van der Waals surface area (Å²) < 4.78 is 1.72. The van der Waals surface area contributed by atoms with E-state index in [1.165, 1.54) is 4.90 Å². The molecule has 2 N–H and O–H groups in total. The predicted octanol–water partition coefficient (Wildman–Crippen LogP) is 1.52. The van der Waals surface area contributed by atoms with Crippen molar-refractivity contribution in [2.45, 2.75) is 26.3 Å². The van der Waals surface area contributed by atoms with Gasteiger partial charge in [-0.05, 0) is 55.4 Å². The van der Waals surface area contributed by atoms with Crippen molar-refractivity contribution >= 4 is 17.8 Å². The molecule has 0 radical (unpaired) electrons. The van der Waals surface area contributed by atoms with Gasteiger partial charge in [-0.3, -0.25) is 14.5 Å². The SMILES string of the molecule is CCNC(=NCc1ccnc(-n2cccn2)c1)NCCCN1C(=O)C2C3C=CC(C3)C2C1=O. The van der Waals surface area contributed by atoms with Crippen LogP contribution in [0.15, 0.2) is 53.9 Å². The molecule has 0 spiro atoms. The maximum Gasteiger partial charge on any atom is 0.233 e. The van der Waals surface area contributed by atoms with Gasteiger partial charge in [0.2, 0.25) is 11.8 Å². The molecule has 9 heteroatoms. The number of aliphatic imine (C=N–C) groups is 1. The highest BCUT2D eigenvalue weighted by atomic mass is 16.2. The minimum absolute atomic E-state index is 0.0214. The van der Waals surface area contributed by atoms with Crippen LogP contribution in [0.1, 0.15) is 25.3 Å². The zero-order valence-electron chi connectivity index (χ0n) is 18.7. The Morgan fingerprint density at radius 3 is 2.64 bits per heavy atom. The summed E-state index contributed by atoms with van der Waals surface area (Å²) in [6, 6.07) is 5.75. The Morgan fingerprint density at radius 1 is 1.15 bits per heavy atom. The molecule has 2 aliphatic carbocycles. The van der Waals surface area contributed by atoms with Crippen LogP contribution in [0.25, 0.3) is 5.82 Å². The molecule has 0 aromatic carbocycles. The fourth-order valence-corrected chi connectivity index (χ4v) is 5.23. The lowest BCUT2D eigenvalue weighted by atomic mass is 9.85. The maximum atomic E-state index is 12.8. The number of imide groups is 1. The summed E-state index contributed by atoms with van der Waals surface area (Å²) in [6.07, 6.45) is 11.2. The van der Waals surface area contributed by atoms with Crippen molar-refractivity contribution in [3.05, 3.63) is 54.5 Å². The highest BCUT2D eigenvalue weighted by Gasteiger charge is 2.58. The molecule has 2 fully saturated rings. The highest BCUT2D eigenvalue weighted by Crippen LogP contribution is 2.52. The number of nitrogens with one attached hydrogen (secondary N) is 2. The lowest BCUT2D eigenvalue weighted by Gasteiger charge is -2.18. The second-order valence-electron chi connectivity index (χ2n) is 8.78. The van der Waals surface area contributed by atoms with Gasteiger partial charge in [0, 0.05) is 38.2 Å². The minimum Gasteiger partial charge on any atom is -0.357 e. The van der Waals surface area contributed by atoms with Gasteiger partial charge >= 0.3 is 0 Å². The molecule has 172 valence electrons. The number of amides is 2. The molecule has 4 unspecified atom stereocenters. The van der Waals surface area contributed by atoms with Crippen LogP contribution in [0, 0.1) is 23.7 Å². The van der Waals surface area contributed by atoms with E-state index in [1.807, 2.05) is 31.3 Å². The molecule has 1 saturated carbocycles. The molecular formula is C24H29N7O2. The summed E-state index contributed by atoms with van der Waals surface area (Å²) in [5.41, 5.74) is 1.02. The first-order chi connectivity index (χ1) is 16.2. The van der Waals surface area contributed by atoms with Crippen molar-refractivity contribution in [2.75, 3.05) is 19.6 Å². The number of fused-ring (bicyclic) bond motifs is 5. The number of pyridine rings is 1. The Kier molecular flexibility index (Phi) is 5.93. The van der Waals surface area contributed by atoms with Gasteiger partial charge in [-0.2, -0.15) is 5.10 Å². The molecule has 5 rings (SSSR count). The number of hydrogen-bond donors (Lipinski definition) is 2. The summed E-state index contributed by atoms with van der Waals surface area (Å²) in [4.78, 5) is 36.1. The minimum atomic E-state index is -0.119. The van der Waals surface area contributed by atoms with Gasteiger partial charge in [-0.25, -0.2) is 14.7 Å². The second-order valence-corrected chi connectivity index (χ2v) is 8.78. The third-order valence-electron chi connectivity index (χ3n) is 6.73. The Balaban J connectivity index is 1.13. The number of carbonyl (C=O) groups excluding carboxylic acids is 2. The van der Waals surface area contributed by atoms with Crippen molar-refractivity contribution in [1.82, 2.24) is 30.3 Å². The Morgan fingerprint density at radius 2 is 1.94 bits per heavy atom. The van der Waals surface area contributed by atoms with E-state index in [2.05, 4.69) is 37.9 Å². The second kappa shape index (κ2) is 9.17. The van der Waals surface area contributed by atoms with Crippen molar-refractivity contribution < 1.29 is 9.59 Å². The van der Waals surface area contributed by atoms with E-state index in [4.69, 9.17) is 0 Å². The standard InChI is InChI=1S/C24H29N7O2/c1-2-25-24(28-15-16-7-10-26-19(13-16)31-12-4-9-29-31)27-8-3-11-30-22(32)20-17-5-6-18(14-17)21(20)23(30)33/h4-7,9-10,12-13,17-18,20-21H,2-3,8,11,14-15H2,1H3,(H2,25,27,28). The number of carbonyl (C=O) groups is 2. The quantitative estimate of drug-likeness (QED) is 0.209. The smallest absolute Gasteiger partial charge is 0.233 e. The van der Waals surface area contributed by atoms with Gasteiger partial charge in [-0.1, -0.05) is 12.2 Å². The monoisotopic (exact) mass is 447 g/mol. The molecule has 33 heavy (non-hydrogen) atoms. The fourth-order valence-electron chi connectivity index (χ4n) is 5.23. The average Bonchev–Trinajstić information content (AvgIpc) is 3.62. The van der Waals surface area contributed by atoms with Gasteiger partial charge in [0.15, 0.2) is 11.8 Å². The summed E-state index contributed by atoms with van der Waals surface area (Å²) in [7, 11) is 0. The van der Waals surface area contributed by atoms with Crippen molar-refractivity contribution in [2.24, 2.45) is 28.7 Å². The number of rotatable bonds is 8. The van der Waals surface area contributed by atoms with Crippen LogP contribution >= 0.6 is 0 Å². The zero-order chi connectivity index (χ0) is 22.8. The van der Waals surface area contributed by atoms with Crippen molar-refractivity contribution in [3.8, 4) is 5.82 Å². The predicted molar refractivity (Wildman–Crippen MR) is 123 cm³/mol. The first kappa shape index (κ1) is 21.4. The summed E-state index contributed by atoms with van der Waals surface area (Å²) in [5, 5.41) is 10.8. The van der Waals surface area contributed by atoms with Crippen LogP contribution in [0.2, 0.25) is 0 Å². The largest absolute Gasteiger partial charge is 0.357 e. The van der Waals surface area contributed by atoms with E-state index in [9.17, 15) is 9.59 Å². The summed E-state index contributed by atoms with van der Waals surface area (Å²) >= 11 is 0. The molecule has 4 atom stereocenters. The fraction of sp³-hybridized carbons (Fsp3) is 0.458. The Bertz CT molecular complexity index is 1050. The topological polar surface area (TPSA) is 105 Å².